The number of carbonyl (C=O) groups excluding carboxylic acids is 1. The summed E-state index contributed by atoms with van der Waals surface area (Å²) in [5, 5.41) is 11.7. The third kappa shape index (κ3) is 1.52. The van der Waals surface area contributed by atoms with Gasteiger partial charge in [-0.05, 0) is 11.6 Å². The molecule has 1 unspecified atom stereocenters. The lowest BCUT2D eigenvalue weighted by atomic mass is 9.91. The number of rotatable bonds is 1. The van der Waals surface area contributed by atoms with Crippen LogP contribution >= 0.6 is 0 Å². The van der Waals surface area contributed by atoms with Crippen molar-refractivity contribution in [3.63, 3.8) is 0 Å². The van der Waals surface area contributed by atoms with Gasteiger partial charge in [0.25, 0.3) is 0 Å². The van der Waals surface area contributed by atoms with E-state index in [1.54, 1.807) is 6.07 Å². The molecular formula is C11H10N2O2. The Kier molecular flexibility index (Phi) is 2.30. The van der Waals surface area contributed by atoms with Crippen molar-refractivity contribution >= 4 is 11.6 Å². The molecular weight excluding hydrogens is 192 g/mol. The molecule has 1 aromatic rings. The van der Waals surface area contributed by atoms with Crippen LogP contribution in [0.3, 0.4) is 0 Å². The molecule has 0 saturated carbocycles. The molecule has 76 valence electrons. The highest BCUT2D eigenvalue weighted by Gasteiger charge is 2.26. The Morgan fingerprint density at radius 3 is 3.07 bits per heavy atom. The Morgan fingerprint density at radius 1 is 1.60 bits per heavy atom. The second kappa shape index (κ2) is 3.62. The smallest absolute Gasteiger partial charge is 0.226 e. The van der Waals surface area contributed by atoms with Gasteiger partial charge in [0.2, 0.25) is 5.91 Å². The number of nitrogens with one attached hydrogen (secondary N) is 1. The summed E-state index contributed by atoms with van der Waals surface area (Å²) in [6, 6.07) is 7.55. The number of anilines is 1. The van der Waals surface area contributed by atoms with Crippen molar-refractivity contribution in [3.8, 4) is 11.8 Å². The maximum absolute atomic E-state index is 11.3. The topological polar surface area (TPSA) is 62.1 Å². The van der Waals surface area contributed by atoms with Crippen molar-refractivity contribution in [1.29, 1.82) is 5.26 Å². The Bertz CT molecular complexity index is 448. The number of hydrogen-bond donors (Lipinski definition) is 1. The maximum atomic E-state index is 11.3. The fourth-order valence-electron chi connectivity index (χ4n) is 1.74. The Hall–Kier alpha value is -2.02. The van der Waals surface area contributed by atoms with Crippen molar-refractivity contribution in [3.05, 3.63) is 23.8 Å². The molecule has 0 saturated heterocycles. The van der Waals surface area contributed by atoms with Crippen LogP contribution in [0.25, 0.3) is 0 Å². The zero-order valence-electron chi connectivity index (χ0n) is 8.28. The number of ether oxygens (including phenoxy) is 1. The number of hydrogen-bond acceptors (Lipinski definition) is 3. The Labute approximate surface area is 87.5 Å². The van der Waals surface area contributed by atoms with Crippen LogP contribution < -0.4 is 10.1 Å². The van der Waals surface area contributed by atoms with E-state index in [1.165, 1.54) is 7.11 Å². The van der Waals surface area contributed by atoms with E-state index < -0.39 is 0 Å². The van der Waals surface area contributed by atoms with Crippen molar-refractivity contribution in [2.45, 2.75) is 12.3 Å². The van der Waals surface area contributed by atoms with Crippen LogP contribution in [0.2, 0.25) is 0 Å². The molecule has 1 amide bonds. The van der Waals surface area contributed by atoms with E-state index in [1.807, 2.05) is 12.1 Å². The van der Waals surface area contributed by atoms with Gasteiger partial charge in [0.15, 0.2) is 0 Å². The molecule has 0 bridgehead atoms. The van der Waals surface area contributed by atoms with Gasteiger partial charge in [-0.15, -0.1) is 0 Å². The zero-order chi connectivity index (χ0) is 10.8. The Morgan fingerprint density at radius 2 is 2.40 bits per heavy atom. The van der Waals surface area contributed by atoms with E-state index in [0.717, 1.165) is 5.56 Å². The second-order valence-corrected chi connectivity index (χ2v) is 3.36. The number of carbonyl (C=O) groups is 1. The molecule has 0 aliphatic carbocycles. The predicted molar refractivity (Wildman–Crippen MR) is 54.6 cm³/mol. The summed E-state index contributed by atoms with van der Waals surface area (Å²) in [7, 11) is 1.54. The van der Waals surface area contributed by atoms with Crippen LogP contribution in [0.1, 0.15) is 17.9 Å². The summed E-state index contributed by atoms with van der Waals surface area (Å²) < 4.78 is 5.13. The van der Waals surface area contributed by atoms with Crippen molar-refractivity contribution in [1.82, 2.24) is 0 Å². The van der Waals surface area contributed by atoms with Crippen LogP contribution in [0.15, 0.2) is 18.2 Å². The van der Waals surface area contributed by atoms with Gasteiger partial charge < -0.3 is 10.1 Å². The molecule has 1 N–H and O–H groups in total. The molecule has 0 fully saturated rings. The molecule has 0 radical (unpaired) electrons. The summed E-state index contributed by atoms with van der Waals surface area (Å²) in [4.78, 5) is 11.3. The van der Waals surface area contributed by atoms with Crippen molar-refractivity contribution < 1.29 is 9.53 Å². The summed E-state index contributed by atoms with van der Waals surface area (Å²) in [5.41, 5.74) is 1.46. The lowest BCUT2D eigenvalue weighted by molar-refractivity contribution is -0.116. The lowest BCUT2D eigenvalue weighted by Gasteiger charge is -2.22. The van der Waals surface area contributed by atoms with Crippen LogP contribution in [-0.2, 0) is 4.79 Å². The maximum Gasteiger partial charge on any atom is 0.226 e. The second-order valence-electron chi connectivity index (χ2n) is 3.36. The van der Waals surface area contributed by atoms with Gasteiger partial charge in [-0.3, -0.25) is 4.79 Å². The average molecular weight is 202 g/mol. The SMILES string of the molecule is COc1cccc2c1NC(=O)CC2C#N. The van der Waals surface area contributed by atoms with Crippen LogP contribution in [0.5, 0.6) is 5.75 Å². The minimum atomic E-state index is -0.371. The summed E-state index contributed by atoms with van der Waals surface area (Å²) >= 11 is 0. The van der Waals surface area contributed by atoms with E-state index in [4.69, 9.17) is 10.00 Å². The van der Waals surface area contributed by atoms with E-state index in [9.17, 15) is 4.79 Å². The molecule has 0 aromatic heterocycles. The van der Waals surface area contributed by atoms with E-state index in [-0.39, 0.29) is 18.2 Å². The monoisotopic (exact) mass is 202 g/mol. The van der Waals surface area contributed by atoms with Crippen LogP contribution in [-0.4, -0.2) is 13.0 Å². The summed E-state index contributed by atoms with van der Waals surface area (Å²) in [5.74, 6) is 0.0863. The number of fused-ring (bicyclic) bond motifs is 1. The first-order chi connectivity index (χ1) is 7.26. The molecule has 1 aromatic carbocycles. The Balaban J connectivity index is 2.56. The van der Waals surface area contributed by atoms with Gasteiger partial charge >= 0.3 is 0 Å². The zero-order valence-corrected chi connectivity index (χ0v) is 8.28. The molecule has 1 heterocycles. The van der Waals surface area contributed by atoms with Gasteiger partial charge in [-0.1, -0.05) is 12.1 Å². The fourth-order valence-corrected chi connectivity index (χ4v) is 1.74. The van der Waals surface area contributed by atoms with Crippen molar-refractivity contribution in [2.24, 2.45) is 0 Å². The van der Waals surface area contributed by atoms with Crippen LogP contribution in [0, 0.1) is 11.3 Å². The molecule has 1 aliphatic heterocycles. The highest BCUT2D eigenvalue weighted by Crippen LogP contribution is 2.37. The van der Waals surface area contributed by atoms with Gasteiger partial charge in [0, 0.05) is 6.42 Å². The number of nitrogens with zero attached hydrogens (tertiary/aromatic N) is 1. The predicted octanol–water partition coefficient (Wildman–Crippen LogP) is 1.64. The molecule has 1 atom stereocenters. The minimum absolute atomic E-state index is 0.140. The first-order valence-corrected chi connectivity index (χ1v) is 4.62. The molecule has 0 spiro atoms. The van der Waals surface area contributed by atoms with Gasteiger partial charge in [0.1, 0.15) is 5.75 Å². The molecule has 1 aliphatic rings. The summed E-state index contributed by atoms with van der Waals surface area (Å²) in [6.07, 6.45) is 0.219. The van der Waals surface area contributed by atoms with Gasteiger partial charge in [-0.2, -0.15) is 5.26 Å². The molecule has 2 rings (SSSR count). The summed E-state index contributed by atoms with van der Waals surface area (Å²) in [6.45, 7) is 0. The largest absolute Gasteiger partial charge is 0.495 e. The molecule has 15 heavy (non-hydrogen) atoms. The van der Waals surface area contributed by atoms with E-state index in [2.05, 4.69) is 11.4 Å². The number of para-hydroxylation sites is 1. The molecule has 4 nitrogen and oxygen atoms in total. The molecule has 4 heteroatoms. The lowest BCUT2D eigenvalue weighted by Crippen LogP contribution is -2.22. The average Bonchev–Trinajstić information content (AvgIpc) is 2.27. The highest BCUT2D eigenvalue weighted by atomic mass is 16.5. The van der Waals surface area contributed by atoms with E-state index >= 15 is 0 Å². The number of nitriles is 1. The number of benzene rings is 1. The van der Waals surface area contributed by atoms with Crippen LogP contribution in [0.4, 0.5) is 5.69 Å². The standard InChI is InChI=1S/C11H10N2O2/c1-15-9-4-2-3-8-7(6-12)5-10(14)13-11(8)9/h2-4,7H,5H2,1H3,(H,13,14). The van der Waals surface area contributed by atoms with Crippen molar-refractivity contribution in [2.75, 3.05) is 12.4 Å². The minimum Gasteiger partial charge on any atom is -0.495 e. The first kappa shape index (κ1) is 9.53. The third-order valence-corrected chi connectivity index (χ3v) is 2.46. The fraction of sp³-hybridized carbons (Fsp3) is 0.273. The quantitative estimate of drug-likeness (QED) is 0.753. The van der Waals surface area contributed by atoms with E-state index in [0.29, 0.717) is 11.4 Å². The number of methoxy groups -OCH3 is 1. The van der Waals surface area contributed by atoms with Gasteiger partial charge in [-0.25, -0.2) is 0 Å². The normalized spacial score (nSPS) is 18.7. The van der Waals surface area contributed by atoms with Gasteiger partial charge in [0.05, 0.1) is 24.8 Å². The third-order valence-electron chi connectivity index (χ3n) is 2.46. The number of amides is 1. The highest BCUT2D eigenvalue weighted by molar-refractivity contribution is 5.97. The first-order valence-electron chi connectivity index (χ1n) is 4.62.